The van der Waals surface area contributed by atoms with Crippen LogP contribution in [0.15, 0.2) is 46.9 Å². The number of aliphatic hydroxyl groups excluding tert-OH is 2. The monoisotopic (exact) mass is 520 g/mol. The number of benzene rings is 2. The van der Waals surface area contributed by atoms with Crippen LogP contribution in [-0.2, 0) is 20.8 Å². The molecule has 38 heavy (non-hydrogen) atoms. The van der Waals surface area contributed by atoms with Crippen LogP contribution in [0, 0.1) is 17.3 Å². The van der Waals surface area contributed by atoms with E-state index in [1.54, 1.807) is 45.0 Å². The highest BCUT2D eigenvalue weighted by atomic mass is 16.3. The van der Waals surface area contributed by atoms with Gasteiger partial charge in [0, 0.05) is 34.4 Å². The molecule has 2 amide bonds. The predicted molar refractivity (Wildman–Crippen MR) is 136 cm³/mol. The van der Waals surface area contributed by atoms with E-state index in [1.807, 2.05) is 0 Å². The van der Waals surface area contributed by atoms with Crippen molar-refractivity contribution in [3.8, 4) is 5.75 Å². The Bertz CT molecular complexity index is 1540. The molecule has 0 spiro atoms. The van der Waals surface area contributed by atoms with Gasteiger partial charge in [-0.1, -0.05) is 32.9 Å². The maximum atomic E-state index is 13.7. The van der Waals surface area contributed by atoms with Gasteiger partial charge >= 0.3 is 0 Å². The lowest BCUT2D eigenvalue weighted by molar-refractivity contribution is -0.144. The smallest absolute Gasteiger partial charge is 0.255 e. The molecule has 198 valence electrons. The molecule has 3 aliphatic rings. The number of Topliss-reactive ketones (excluding diaryl/α,β-unsaturated/α-hetero) is 2. The number of anilines is 1. The molecule has 3 atom stereocenters. The molecule has 10 nitrogen and oxygen atoms in total. The van der Waals surface area contributed by atoms with Gasteiger partial charge in [0.1, 0.15) is 22.8 Å². The number of fused-ring (bicyclic) bond motifs is 4. The van der Waals surface area contributed by atoms with Gasteiger partial charge in [0.2, 0.25) is 11.7 Å². The molecule has 2 aromatic rings. The maximum absolute atomic E-state index is 13.7. The fourth-order valence-electron chi connectivity index (χ4n) is 5.78. The van der Waals surface area contributed by atoms with Gasteiger partial charge in [0.05, 0.1) is 5.56 Å². The number of phenols is 1. The molecule has 0 aliphatic heterocycles. The zero-order valence-corrected chi connectivity index (χ0v) is 21.1. The number of nitrogens with two attached hydrogens (primary N) is 1. The Morgan fingerprint density at radius 2 is 1.76 bits per heavy atom. The van der Waals surface area contributed by atoms with E-state index in [4.69, 9.17) is 5.73 Å². The zero-order valence-electron chi connectivity index (χ0n) is 21.1. The van der Waals surface area contributed by atoms with E-state index in [2.05, 4.69) is 5.32 Å². The van der Waals surface area contributed by atoms with Gasteiger partial charge in [-0.25, -0.2) is 0 Å². The highest BCUT2D eigenvalue weighted by Gasteiger charge is 2.59. The fourth-order valence-corrected chi connectivity index (χ4v) is 5.78. The molecule has 1 unspecified atom stereocenters. The summed E-state index contributed by atoms with van der Waals surface area (Å²) in [7, 11) is 0. The number of allylic oxidation sites excluding steroid dienone is 2. The van der Waals surface area contributed by atoms with E-state index in [9.17, 15) is 39.6 Å². The molecule has 0 fully saturated rings. The molecular formula is C28H28N2O8. The molecule has 7 N–H and O–H groups in total. The molecule has 5 rings (SSSR count). The molecule has 0 radical (unpaired) electrons. The summed E-state index contributed by atoms with van der Waals surface area (Å²) < 4.78 is 0. The van der Waals surface area contributed by atoms with Crippen LogP contribution in [0.3, 0.4) is 0 Å². The Morgan fingerprint density at radius 1 is 1.08 bits per heavy atom. The summed E-state index contributed by atoms with van der Waals surface area (Å²) in [6, 6.07) is 6.71. The first-order chi connectivity index (χ1) is 17.7. The minimum absolute atomic E-state index is 0.0689. The number of hydrogen-bond donors (Lipinski definition) is 6. The fraction of sp³-hybridized carbons (Fsp3) is 0.357. The number of hydrogen-bond acceptors (Lipinski definition) is 8. The standard InChI is InChI=1S/C28H28N2O8/c1-27(2,3)26(37)30-15-5-4-11-6-12-7-13-8-14-9-17(31)20(25(29)36)24(35)28(14,38)23(34)19(13)22(33)18(12)21(32)16(11)10-15/h4-6,10,13-14,31-32,34,38H,7-9H2,1-3H3,(H2,29,36)(H,30,37)/t13?,14-,28-/m0/s1. The highest BCUT2D eigenvalue weighted by molar-refractivity contribution is 6.24. The lowest BCUT2D eigenvalue weighted by Gasteiger charge is -2.45. The molecular weight excluding hydrogens is 492 g/mol. The van der Waals surface area contributed by atoms with Crippen LogP contribution in [0.4, 0.5) is 5.69 Å². The third-order valence-corrected chi connectivity index (χ3v) is 7.81. The van der Waals surface area contributed by atoms with Crippen LogP contribution < -0.4 is 11.1 Å². The van der Waals surface area contributed by atoms with Gasteiger partial charge in [0.25, 0.3) is 5.91 Å². The van der Waals surface area contributed by atoms with Crippen molar-refractivity contribution in [2.45, 2.75) is 45.6 Å². The van der Waals surface area contributed by atoms with Gasteiger partial charge in [-0.05, 0) is 41.8 Å². The second-order valence-electron chi connectivity index (χ2n) is 11.3. The largest absolute Gasteiger partial charge is 0.511 e. The molecule has 0 bridgehead atoms. The number of primary amides is 1. The SMILES string of the molecule is CC(C)(C)C(=O)Nc1ccc2cc3c(c(O)c2c1)C(=O)C1=C(O)[C@]2(O)C(=O)C(C(N)=O)=C(O)C[C@@H]2CC1C3. The van der Waals surface area contributed by atoms with Gasteiger partial charge in [0.15, 0.2) is 11.4 Å². The quantitative estimate of drug-likeness (QED) is 0.326. The van der Waals surface area contributed by atoms with Crippen LogP contribution >= 0.6 is 0 Å². The van der Waals surface area contributed by atoms with Gasteiger partial charge < -0.3 is 31.5 Å². The molecule has 2 aromatic carbocycles. The highest BCUT2D eigenvalue weighted by Crippen LogP contribution is 2.52. The van der Waals surface area contributed by atoms with Crippen LogP contribution in [-0.4, -0.2) is 49.4 Å². The summed E-state index contributed by atoms with van der Waals surface area (Å²) in [5, 5.41) is 47.6. The number of nitrogens with one attached hydrogen (secondary N) is 1. The topological polar surface area (TPSA) is 187 Å². The average molecular weight is 521 g/mol. The minimum atomic E-state index is -2.60. The minimum Gasteiger partial charge on any atom is -0.511 e. The number of carbonyl (C=O) groups excluding carboxylic acids is 4. The predicted octanol–water partition coefficient (Wildman–Crippen LogP) is 2.72. The number of aliphatic hydroxyl groups is 3. The summed E-state index contributed by atoms with van der Waals surface area (Å²) in [6.45, 7) is 5.28. The Kier molecular flexibility index (Phi) is 5.47. The summed E-state index contributed by atoms with van der Waals surface area (Å²) >= 11 is 0. The van der Waals surface area contributed by atoms with Crippen molar-refractivity contribution in [2.24, 2.45) is 23.0 Å². The Hall–Kier alpha value is -4.18. The first-order valence-electron chi connectivity index (χ1n) is 12.2. The number of ketones is 2. The van der Waals surface area contributed by atoms with Crippen molar-refractivity contribution < 1.29 is 39.6 Å². The second-order valence-corrected chi connectivity index (χ2v) is 11.3. The third kappa shape index (κ3) is 3.51. The number of rotatable bonds is 2. The van der Waals surface area contributed by atoms with Gasteiger partial charge in [-0.15, -0.1) is 0 Å². The van der Waals surface area contributed by atoms with E-state index in [0.717, 1.165) is 0 Å². The summed E-state index contributed by atoms with van der Waals surface area (Å²) in [5.41, 5.74) is 1.80. The zero-order chi connectivity index (χ0) is 27.9. The van der Waals surface area contributed by atoms with E-state index >= 15 is 0 Å². The first-order valence-corrected chi connectivity index (χ1v) is 12.2. The van der Waals surface area contributed by atoms with Gasteiger partial charge in [-0.2, -0.15) is 0 Å². The van der Waals surface area contributed by atoms with Gasteiger partial charge in [-0.3, -0.25) is 19.2 Å². The van der Waals surface area contributed by atoms with Crippen LogP contribution in [0.5, 0.6) is 5.75 Å². The molecule has 0 saturated heterocycles. The summed E-state index contributed by atoms with van der Waals surface area (Å²) in [4.78, 5) is 51.0. The van der Waals surface area contributed by atoms with Crippen molar-refractivity contribution in [3.05, 3.63) is 58.1 Å². The lowest BCUT2D eigenvalue weighted by Crippen LogP contribution is -2.57. The van der Waals surface area contributed by atoms with E-state index in [-0.39, 0.29) is 42.1 Å². The third-order valence-electron chi connectivity index (χ3n) is 7.81. The molecule has 10 heteroatoms. The van der Waals surface area contributed by atoms with Crippen molar-refractivity contribution in [1.29, 1.82) is 0 Å². The number of aromatic hydroxyl groups is 1. The van der Waals surface area contributed by atoms with E-state index < -0.39 is 57.4 Å². The molecule has 0 heterocycles. The summed E-state index contributed by atoms with van der Waals surface area (Å²) in [6.07, 6.45) is 0.0152. The van der Waals surface area contributed by atoms with Crippen molar-refractivity contribution in [2.75, 3.05) is 5.32 Å². The Labute approximate surface area is 217 Å². The van der Waals surface area contributed by atoms with Crippen LogP contribution in [0.2, 0.25) is 0 Å². The average Bonchev–Trinajstić information content (AvgIpc) is 2.81. The Morgan fingerprint density at radius 3 is 2.39 bits per heavy atom. The van der Waals surface area contributed by atoms with E-state index in [0.29, 0.717) is 22.0 Å². The molecule has 3 aliphatic carbocycles. The normalized spacial score (nSPS) is 25.2. The second kappa shape index (κ2) is 8.16. The van der Waals surface area contributed by atoms with Crippen molar-refractivity contribution in [1.82, 2.24) is 0 Å². The van der Waals surface area contributed by atoms with Crippen molar-refractivity contribution >= 4 is 39.8 Å². The Balaban J connectivity index is 1.62. The van der Waals surface area contributed by atoms with Crippen LogP contribution in [0.25, 0.3) is 10.8 Å². The number of phenolic OH excluding ortho intramolecular Hbond substituents is 1. The maximum Gasteiger partial charge on any atom is 0.255 e. The lowest BCUT2D eigenvalue weighted by atomic mass is 9.60. The van der Waals surface area contributed by atoms with E-state index in [1.165, 1.54) is 0 Å². The number of amides is 2. The molecule has 0 saturated carbocycles. The molecule has 0 aromatic heterocycles. The summed E-state index contributed by atoms with van der Waals surface area (Å²) in [5.74, 6) is -6.89. The van der Waals surface area contributed by atoms with Crippen LogP contribution in [0.1, 0.15) is 49.5 Å². The number of carbonyl (C=O) groups is 4. The first kappa shape index (κ1) is 25.5. The van der Waals surface area contributed by atoms with Crippen molar-refractivity contribution in [3.63, 3.8) is 0 Å².